The number of fused-ring (bicyclic) bond motifs is 1. The number of esters is 1. The molecule has 0 unspecified atom stereocenters. The van der Waals surface area contributed by atoms with E-state index in [-0.39, 0.29) is 11.3 Å². The average Bonchev–Trinajstić information content (AvgIpc) is 2.67. The lowest BCUT2D eigenvalue weighted by atomic mass is 10.1. The van der Waals surface area contributed by atoms with Crippen LogP contribution in [0.1, 0.15) is 34.2 Å². The smallest absolute Gasteiger partial charge is 0.338 e. The normalized spacial score (nSPS) is 10.5. The first kappa shape index (κ1) is 17.3. The van der Waals surface area contributed by atoms with Crippen molar-refractivity contribution in [1.82, 2.24) is 10.2 Å². The van der Waals surface area contributed by atoms with Gasteiger partial charge in [-0.3, -0.25) is 9.59 Å². The van der Waals surface area contributed by atoms with Gasteiger partial charge in [0.2, 0.25) is 0 Å². The molecule has 0 radical (unpaired) electrons. The number of aromatic amines is 1. The minimum atomic E-state index is -0.459. The molecule has 7 nitrogen and oxygen atoms in total. The number of rotatable bonds is 5. The standard InChI is InChI=1S/C19H17N3O4/c1-2-11-26-19(25)12-7-9-13(10-8-12)20-18(24)16-14-5-3-4-6-15(14)17(23)22-21-16/h3-10H,2,11H2,1H3,(H,20,24)(H,22,23). The molecule has 0 fully saturated rings. The number of H-pyrrole nitrogens is 1. The highest BCUT2D eigenvalue weighted by molar-refractivity contribution is 6.11. The van der Waals surface area contributed by atoms with Crippen LogP contribution in [0, 0.1) is 0 Å². The summed E-state index contributed by atoms with van der Waals surface area (Å²) in [5, 5.41) is 9.74. The molecule has 3 rings (SSSR count). The zero-order valence-electron chi connectivity index (χ0n) is 14.1. The fourth-order valence-electron chi connectivity index (χ4n) is 2.45. The Kier molecular flexibility index (Phi) is 5.07. The maximum Gasteiger partial charge on any atom is 0.338 e. The number of carbonyl (C=O) groups is 2. The Morgan fingerprint density at radius 3 is 2.46 bits per heavy atom. The topological polar surface area (TPSA) is 101 Å². The molecule has 3 aromatic rings. The van der Waals surface area contributed by atoms with E-state index < -0.39 is 11.9 Å². The lowest BCUT2D eigenvalue weighted by Gasteiger charge is -2.08. The van der Waals surface area contributed by atoms with Crippen LogP contribution in [0.4, 0.5) is 5.69 Å². The van der Waals surface area contributed by atoms with Gasteiger partial charge in [-0.15, -0.1) is 0 Å². The molecule has 0 aliphatic rings. The van der Waals surface area contributed by atoms with Crippen molar-refractivity contribution in [2.45, 2.75) is 13.3 Å². The van der Waals surface area contributed by atoms with E-state index in [1.807, 2.05) is 6.92 Å². The van der Waals surface area contributed by atoms with Crippen molar-refractivity contribution in [3.8, 4) is 0 Å². The molecule has 1 amide bonds. The maximum absolute atomic E-state index is 12.5. The van der Waals surface area contributed by atoms with Crippen LogP contribution >= 0.6 is 0 Å². The number of nitrogens with zero attached hydrogens (tertiary/aromatic N) is 1. The molecule has 0 aliphatic carbocycles. The monoisotopic (exact) mass is 351 g/mol. The quantitative estimate of drug-likeness (QED) is 0.688. The van der Waals surface area contributed by atoms with Gasteiger partial charge in [-0.05, 0) is 36.8 Å². The Bertz CT molecular complexity index is 1010. The summed E-state index contributed by atoms with van der Waals surface area (Å²) in [7, 11) is 0. The van der Waals surface area contributed by atoms with E-state index in [4.69, 9.17) is 4.74 Å². The number of hydrogen-bond acceptors (Lipinski definition) is 5. The van der Waals surface area contributed by atoms with Gasteiger partial charge < -0.3 is 10.1 Å². The third kappa shape index (κ3) is 3.61. The molecule has 0 saturated carbocycles. The van der Waals surface area contributed by atoms with E-state index in [1.165, 1.54) is 0 Å². The maximum atomic E-state index is 12.5. The summed E-state index contributed by atoms with van der Waals surface area (Å²) in [6.07, 6.45) is 0.750. The first-order chi connectivity index (χ1) is 12.6. The summed E-state index contributed by atoms with van der Waals surface area (Å²) in [5.41, 5.74) is 0.668. The molecule has 0 bridgehead atoms. The molecular formula is C19H17N3O4. The molecule has 0 spiro atoms. The first-order valence-electron chi connectivity index (χ1n) is 8.16. The van der Waals surface area contributed by atoms with Gasteiger partial charge in [-0.1, -0.05) is 25.1 Å². The molecule has 0 aliphatic heterocycles. The Morgan fingerprint density at radius 1 is 1.08 bits per heavy atom. The van der Waals surface area contributed by atoms with Crippen LogP contribution in [0.2, 0.25) is 0 Å². The predicted octanol–water partition coefficient (Wildman–Crippen LogP) is 2.74. The summed E-state index contributed by atoms with van der Waals surface area (Å²) in [4.78, 5) is 36.1. The summed E-state index contributed by atoms with van der Waals surface area (Å²) in [6.45, 7) is 2.28. The Hall–Kier alpha value is -3.48. The minimum absolute atomic E-state index is 0.117. The molecule has 0 atom stereocenters. The van der Waals surface area contributed by atoms with E-state index in [1.54, 1.807) is 48.5 Å². The van der Waals surface area contributed by atoms with Gasteiger partial charge in [-0.2, -0.15) is 5.10 Å². The van der Waals surface area contributed by atoms with Crippen molar-refractivity contribution in [1.29, 1.82) is 0 Å². The zero-order chi connectivity index (χ0) is 18.5. The van der Waals surface area contributed by atoms with Gasteiger partial charge in [0.25, 0.3) is 11.5 Å². The second-order valence-corrected chi connectivity index (χ2v) is 5.61. The van der Waals surface area contributed by atoms with Crippen molar-refractivity contribution < 1.29 is 14.3 Å². The highest BCUT2D eigenvalue weighted by Crippen LogP contribution is 2.16. The first-order valence-corrected chi connectivity index (χ1v) is 8.16. The lowest BCUT2D eigenvalue weighted by Crippen LogP contribution is -2.19. The number of carbonyl (C=O) groups excluding carboxylic acids is 2. The second kappa shape index (κ2) is 7.60. The van der Waals surface area contributed by atoms with Crippen molar-refractivity contribution >= 4 is 28.3 Å². The van der Waals surface area contributed by atoms with Crippen LogP contribution in [-0.4, -0.2) is 28.7 Å². The van der Waals surface area contributed by atoms with Gasteiger partial charge in [0, 0.05) is 11.1 Å². The van der Waals surface area contributed by atoms with Crippen LogP contribution in [0.15, 0.2) is 53.3 Å². The van der Waals surface area contributed by atoms with Gasteiger partial charge >= 0.3 is 5.97 Å². The number of anilines is 1. The third-order valence-electron chi connectivity index (χ3n) is 3.73. The molecule has 1 aromatic heterocycles. The molecule has 2 aromatic carbocycles. The summed E-state index contributed by atoms with van der Waals surface area (Å²) < 4.78 is 5.06. The molecule has 1 heterocycles. The van der Waals surface area contributed by atoms with Gasteiger partial charge in [0.15, 0.2) is 5.69 Å². The average molecular weight is 351 g/mol. The van der Waals surface area contributed by atoms with Crippen LogP contribution in [0.5, 0.6) is 0 Å². The number of benzene rings is 2. The summed E-state index contributed by atoms with van der Waals surface area (Å²) in [5.74, 6) is -0.864. The number of nitrogens with one attached hydrogen (secondary N) is 2. The van der Waals surface area contributed by atoms with Gasteiger partial charge in [-0.25, -0.2) is 9.89 Å². The number of hydrogen-bond donors (Lipinski definition) is 2. The molecule has 26 heavy (non-hydrogen) atoms. The Labute approximate surface area is 149 Å². The highest BCUT2D eigenvalue weighted by atomic mass is 16.5. The molecule has 2 N–H and O–H groups in total. The molecule has 7 heteroatoms. The van der Waals surface area contributed by atoms with Crippen LogP contribution in [0.25, 0.3) is 10.8 Å². The summed E-state index contributed by atoms with van der Waals surface area (Å²) in [6, 6.07) is 13.1. The van der Waals surface area contributed by atoms with Crippen LogP contribution < -0.4 is 10.9 Å². The second-order valence-electron chi connectivity index (χ2n) is 5.61. The van der Waals surface area contributed by atoms with E-state index in [2.05, 4.69) is 15.5 Å². The van der Waals surface area contributed by atoms with Crippen LogP contribution in [0.3, 0.4) is 0 Å². The zero-order valence-corrected chi connectivity index (χ0v) is 14.1. The fourth-order valence-corrected chi connectivity index (χ4v) is 2.45. The van der Waals surface area contributed by atoms with Crippen molar-refractivity contribution in [2.24, 2.45) is 0 Å². The van der Waals surface area contributed by atoms with E-state index in [0.29, 0.717) is 28.6 Å². The number of aromatic nitrogens is 2. The van der Waals surface area contributed by atoms with Crippen molar-refractivity contribution in [2.75, 3.05) is 11.9 Å². The SMILES string of the molecule is CCCOC(=O)c1ccc(NC(=O)c2n[nH]c(=O)c3ccccc23)cc1. The Morgan fingerprint density at radius 2 is 1.77 bits per heavy atom. The minimum Gasteiger partial charge on any atom is -0.462 e. The molecule has 132 valence electrons. The van der Waals surface area contributed by atoms with Crippen LogP contribution in [-0.2, 0) is 4.74 Å². The van der Waals surface area contributed by atoms with Crippen molar-refractivity contribution in [3.05, 3.63) is 70.1 Å². The number of amides is 1. The largest absolute Gasteiger partial charge is 0.462 e. The molecular weight excluding hydrogens is 334 g/mol. The summed E-state index contributed by atoms with van der Waals surface area (Å²) >= 11 is 0. The van der Waals surface area contributed by atoms with E-state index >= 15 is 0 Å². The highest BCUT2D eigenvalue weighted by Gasteiger charge is 2.14. The number of ether oxygens (including phenoxy) is 1. The lowest BCUT2D eigenvalue weighted by molar-refractivity contribution is 0.0505. The van der Waals surface area contributed by atoms with Gasteiger partial charge in [0.1, 0.15) is 0 Å². The Balaban J connectivity index is 1.80. The van der Waals surface area contributed by atoms with E-state index in [0.717, 1.165) is 6.42 Å². The van der Waals surface area contributed by atoms with Crippen molar-refractivity contribution in [3.63, 3.8) is 0 Å². The molecule has 0 saturated heterocycles. The predicted molar refractivity (Wildman–Crippen MR) is 97.3 cm³/mol. The van der Waals surface area contributed by atoms with Gasteiger partial charge in [0.05, 0.1) is 17.6 Å². The fraction of sp³-hybridized carbons (Fsp3) is 0.158. The third-order valence-corrected chi connectivity index (χ3v) is 3.73. The van der Waals surface area contributed by atoms with E-state index in [9.17, 15) is 14.4 Å².